The van der Waals surface area contributed by atoms with Crippen LogP contribution in [0, 0.1) is 0 Å². The monoisotopic (exact) mass is 474 g/mol. The van der Waals surface area contributed by atoms with Crippen LogP contribution in [-0.2, 0) is 12.6 Å². The summed E-state index contributed by atoms with van der Waals surface area (Å²) in [5, 5.41) is 14.1. The summed E-state index contributed by atoms with van der Waals surface area (Å²) in [6.07, 6.45) is -0.695. The molecule has 0 bridgehead atoms. The van der Waals surface area contributed by atoms with Gasteiger partial charge in [-0.2, -0.15) is 13.2 Å². The van der Waals surface area contributed by atoms with Gasteiger partial charge in [-0.05, 0) is 99.7 Å². The quantitative estimate of drug-likeness (QED) is 0.328. The van der Waals surface area contributed by atoms with E-state index in [2.05, 4.69) is 45.8 Å². The zero-order valence-corrected chi connectivity index (χ0v) is 18.8. The molecular weight excluding hydrogens is 453 g/mol. The molecule has 35 heavy (non-hydrogen) atoms. The molecule has 0 saturated carbocycles. The number of rotatable bonds is 6. The van der Waals surface area contributed by atoms with Gasteiger partial charge in [-0.25, -0.2) is 5.10 Å². The van der Waals surface area contributed by atoms with Gasteiger partial charge in [0.1, 0.15) is 17.3 Å². The third-order valence-electron chi connectivity index (χ3n) is 6.01. The molecule has 4 aromatic rings. The van der Waals surface area contributed by atoms with Crippen LogP contribution in [0.5, 0.6) is 11.5 Å². The normalized spacial score (nSPS) is 14.5. The number of allylic oxidation sites excluding steroid dienone is 3. The molecule has 0 amide bonds. The Morgan fingerprint density at radius 3 is 2.14 bits per heavy atom. The van der Waals surface area contributed by atoms with Gasteiger partial charge in [0.2, 0.25) is 0 Å². The fraction of sp³-hybridized carbons (Fsp3) is 0.148. The molecule has 1 heterocycles. The lowest BCUT2D eigenvalue weighted by Crippen LogP contribution is -2.03. The summed E-state index contributed by atoms with van der Waals surface area (Å²) in [5.74, 6) is 1.65. The zero-order chi connectivity index (χ0) is 24.4. The topological polar surface area (TPSA) is 63.7 Å². The molecule has 1 aliphatic rings. The number of aromatic amines is 1. The van der Waals surface area contributed by atoms with E-state index in [1.807, 2.05) is 36.4 Å². The summed E-state index contributed by atoms with van der Waals surface area (Å²) in [7, 11) is 0. The van der Waals surface area contributed by atoms with Crippen LogP contribution in [0.15, 0.2) is 78.4 Å². The number of ether oxygens (including phenoxy) is 1. The average molecular weight is 474 g/mol. The van der Waals surface area contributed by atoms with Crippen LogP contribution in [0.4, 0.5) is 13.2 Å². The van der Waals surface area contributed by atoms with E-state index in [0.29, 0.717) is 11.5 Å². The van der Waals surface area contributed by atoms with Crippen molar-refractivity contribution in [3.63, 3.8) is 0 Å². The molecule has 1 aromatic heterocycles. The highest BCUT2D eigenvalue weighted by atomic mass is 19.4. The average Bonchev–Trinajstić information content (AvgIpc) is 3.46. The molecule has 0 radical (unpaired) electrons. The fourth-order valence-corrected chi connectivity index (χ4v) is 4.23. The highest BCUT2D eigenvalue weighted by Crippen LogP contribution is 2.43. The van der Waals surface area contributed by atoms with Crippen LogP contribution in [0.25, 0.3) is 17.2 Å². The number of aryl methyl sites for hydroxylation is 1. The Labute approximate surface area is 200 Å². The number of nitrogens with zero attached hydrogens (tertiary/aromatic N) is 3. The standard InChI is InChI=1S/C27H21F3N4O/c1-17-22(14-15-26-31-33-34-32-26)23-4-2-3-5-24(23)25(17)16-18-6-10-20(11-7-18)35-21-12-8-19(9-13-21)27(28,29)30/h2-13,16H,14-15H2,1H3,(H,31,32,33,34)/b25-16-. The number of halogens is 3. The van der Waals surface area contributed by atoms with Crippen molar-refractivity contribution in [2.75, 3.05) is 0 Å². The van der Waals surface area contributed by atoms with E-state index < -0.39 is 11.7 Å². The molecule has 0 fully saturated rings. The molecule has 0 spiro atoms. The zero-order valence-electron chi connectivity index (χ0n) is 18.8. The lowest BCUT2D eigenvalue weighted by Gasteiger charge is -2.09. The van der Waals surface area contributed by atoms with E-state index in [4.69, 9.17) is 4.74 Å². The van der Waals surface area contributed by atoms with Gasteiger partial charge in [0.25, 0.3) is 0 Å². The second kappa shape index (κ2) is 9.21. The maximum absolute atomic E-state index is 12.8. The minimum absolute atomic E-state index is 0.346. The van der Waals surface area contributed by atoms with Gasteiger partial charge >= 0.3 is 6.18 Å². The molecule has 1 aliphatic carbocycles. The van der Waals surface area contributed by atoms with Gasteiger partial charge in [-0.15, -0.1) is 5.10 Å². The molecule has 1 N–H and O–H groups in total. The summed E-state index contributed by atoms with van der Waals surface area (Å²) in [6.45, 7) is 2.13. The molecule has 0 atom stereocenters. The van der Waals surface area contributed by atoms with Crippen LogP contribution in [-0.4, -0.2) is 20.6 Å². The van der Waals surface area contributed by atoms with E-state index in [1.165, 1.54) is 34.4 Å². The van der Waals surface area contributed by atoms with E-state index in [1.54, 1.807) is 0 Å². The largest absolute Gasteiger partial charge is 0.457 e. The summed E-state index contributed by atoms with van der Waals surface area (Å²) >= 11 is 0. The van der Waals surface area contributed by atoms with Gasteiger partial charge < -0.3 is 4.74 Å². The Kier molecular flexibility index (Phi) is 5.94. The Morgan fingerprint density at radius 2 is 1.51 bits per heavy atom. The van der Waals surface area contributed by atoms with Crippen LogP contribution >= 0.6 is 0 Å². The molecule has 5 nitrogen and oxygen atoms in total. The van der Waals surface area contributed by atoms with Crippen molar-refractivity contribution in [3.05, 3.63) is 106 Å². The highest BCUT2D eigenvalue weighted by molar-refractivity contribution is 6.05. The van der Waals surface area contributed by atoms with E-state index in [0.717, 1.165) is 41.9 Å². The number of fused-ring (bicyclic) bond motifs is 1. The van der Waals surface area contributed by atoms with Crippen molar-refractivity contribution in [2.45, 2.75) is 25.9 Å². The number of hydrogen-bond acceptors (Lipinski definition) is 4. The number of hydrogen-bond donors (Lipinski definition) is 1. The van der Waals surface area contributed by atoms with Gasteiger partial charge in [0.15, 0.2) is 0 Å². The molecule has 8 heteroatoms. The highest BCUT2D eigenvalue weighted by Gasteiger charge is 2.30. The summed E-state index contributed by atoms with van der Waals surface area (Å²) in [6, 6.07) is 20.5. The number of H-pyrrole nitrogens is 1. The second-order valence-electron chi connectivity index (χ2n) is 8.25. The molecule has 5 rings (SSSR count). The van der Waals surface area contributed by atoms with Crippen molar-refractivity contribution in [3.8, 4) is 11.5 Å². The van der Waals surface area contributed by atoms with Crippen molar-refractivity contribution >= 4 is 17.2 Å². The predicted octanol–water partition coefficient (Wildman–Crippen LogP) is 6.97. The Morgan fingerprint density at radius 1 is 0.857 bits per heavy atom. The lowest BCUT2D eigenvalue weighted by molar-refractivity contribution is -0.137. The van der Waals surface area contributed by atoms with Gasteiger partial charge in [-0.1, -0.05) is 36.4 Å². The molecular formula is C27H21F3N4O. The summed E-state index contributed by atoms with van der Waals surface area (Å²) in [5.41, 5.74) is 6.32. The molecule has 0 aliphatic heterocycles. The molecule has 0 saturated heterocycles. The van der Waals surface area contributed by atoms with Crippen LogP contribution in [0.1, 0.15) is 41.4 Å². The molecule has 3 aromatic carbocycles. The fourth-order valence-electron chi connectivity index (χ4n) is 4.23. The maximum atomic E-state index is 12.8. The third-order valence-corrected chi connectivity index (χ3v) is 6.01. The van der Waals surface area contributed by atoms with Gasteiger partial charge in [-0.3, -0.25) is 0 Å². The minimum Gasteiger partial charge on any atom is -0.457 e. The summed E-state index contributed by atoms with van der Waals surface area (Å²) in [4.78, 5) is 0. The van der Waals surface area contributed by atoms with Crippen molar-refractivity contribution in [2.24, 2.45) is 0 Å². The number of benzene rings is 3. The van der Waals surface area contributed by atoms with E-state index in [9.17, 15) is 13.2 Å². The van der Waals surface area contributed by atoms with E-state index >= 15 is 0 Å². The first kappa shape index (κ1) is 22.6. The first-order valence-corrected chi connectivity index (χ1v) is 11.1. The number of tetrazole rings is 1. The van der Waals surface area contributed by atoms with Crippen molar-refractivity contribution in [1.29, 1.82) is 0 Å². The lowest BCUT2D eigenvalue weighted by atomic mass is 10.0. The smallest absolute Gasteiger partial charge is 0.416 e. The summed E-state index contributed by atoms with van der Waals surface area (Å²) < 4.78 is 44.0. The first-order valence-electron chi connectivity index (χ1n) is 11.1. The Balaban J connectivity index is 1.36. The maximum Gasteiger partial charge on any atom is 0.416 e. The van der Waals surface area contributed by atoms with E-state index in [-0.39, 0.29) is 0 Å². The Bertz CT molecular complexity index is 1390. The van der Waals surface area contributed by atoms with Crippen LogP contribution in [0.2, 0.25) is 0 Å². The van der Waals surface area contributed by atoms with Crippen LogP contribution in [0.3, 0.4) is 0 Å². The minimum atomic E-state index is -4.37. The van der Waals surface area contributed by atoms with Crippen LogP contribution < -0.4 is 4.74 Å². The molecule has 176 valence electrons. The van der Waals surface area contributed by atoms with Crippen molar-refractivity contribution < 1.29 is 17.9 Å². The first-order chi connectivity index (χ1) is 16.9. The number of aromatic nitrogens is 4. The third kappa shape index (κ3) is 4.87. The van der Waals surface area contributed by atoms with Gasteiger partial charge in [0, 0.05) is 6.42 Å². The number of alkyl halides is 3. The second-order valence-corrected chi connectivity index (χ2v) is 8.25. The Hall–Kier alpha value is -4.20. The SMILES string of the molecule is CC1=C(CCc2nnn[nH]2)c2ccccc2/C1=C\c1ccc(Oc2ccc(C(F)(F)F)cc2)cc1. The predicted molar refractivity (Wildman–Crippen MR) is 127 cm³/mol. The van der Waals surface area contributed by atoms with Crippen molar-refractivity contribution in [1.82, 2.24) is 20.6 Å². The van der Waals surface area contributed by atoms with Gasteiger partial charge in [0.05, 0.1) is 5.56 Å². The molecule has 0 unspecified atom stereocenters. The number of nitrogens with one attached hydrogen (secondary N) is 1.